The number of thioether (sulfide) groups is 1. The van der Waals surface area contributed by atoms with Crippen LogP contribution in [0.15, 0.2) is 101 Å². The fraction of sp³-hybridized carbons (Fsp3) is 0.200. The van der Waals surface area contributed by atoms with Crippen molar-refractivity contribution in [3.05, 3.63) is 123 Å². The van der Waals surface area contributed by atoms with E-state index in [1.165, 1.54) is 21.6 Å². The fourth-order valence-corrected chi connectivity index (χ4v) is 7.10. The number of rotatable bonds is 7. The molecule has 4 nitrogen and oxygen atoms in total. The van der Waals surface area contributed by atoms with Crippen molar-refractivity contribution in [2.24, 2.45) is 0 Å². The van der Waals surface area contributed by atoms with Crippen molar-refractivity contribution < 1.29 is 0 Å². The topological polar surface area (TPSA) is 38.1 Å². The van der Waals surface area contributed by atoms with Gasteiger partial charge in [-0.05, 0) is 41.7 Å². The first-order valence-corrected chi connectivity index (χ1v) is 14.1. The Hall–Kier alpha value is -3.19. The number of nitrogens with zero attached hydrogens (tertiary/aromatic N) is 3. The molecule has 0 amide bonds. The Bertz CT molecular complexity index is 1530. The maximum absolute atomic E-state index is 14.0. The molecule has 0 radical (unpaired) electrons. The summed E-state index contributed by atoms with van der Waals surface area (Å²) in [7, 11) is 0. The zero-order valence-corrected chi connectivity index (χ0v) is 21.6. The molecular weight excluding hydrogens is 482 g/mol. The molecule has 0 fully saturated rings. The Balaban J connectivity index is 1.34. The van der Waals surface area contributed by atoms with Crippen LogP contribution in [0.2, 0.25) is 0 Å². The maximum Gasteiger partial charge on any atom is 0.267 e. The van der Waals surface area contributed by atoms with Gasteiger partial charge >= 0.3 is 0 Å². The summed E-state index contributed by atoms with van der Waals surface area (Å²) in [6.45, 7) is 2.89. The van der Waals surface area contributed by atoms with E-state index < -0.39 is 0 Å². The van der Waals surface area contributed by atoms with Gasteiger partial charge in [-0.2, -0.15) is 0 Å². The minimum atomic E-state index is 0.0528. The van der Waals surface area contributed by atoms with Crippen LogP contribution in [0.25, 0.3) is 15.9 Å². The monoisotopic (exact) mass is 509 g/mol. The lowest BCUT2D eigenvalue weighted by molar-refractivity contribution is 0.261. The van der Waals surface area contributed by atoms with Gasteiger partial charge in [-0.25, -0.2) is 4.98 Å². The molecule has 0 aliphatic carbocycles. The van der Waals surface area contributed by atoms with Crippen LogP contribution in [-0.4, -0.2) is 27.5 Å². The van der Waals surface area contributed by atoms with Crippen LogP contribution < -0.4 is 5.56 Å². The highest BCUT2D eigenvalue weighted by atomic mass is 32.2. The highest BCUT2D eigenvalue weighted by molar-refractivity contribution is 7.98. The molecule has 2 aromatic heterocycles. The number of thiophene rings is 1. The molecule has 0 atom stereocenters. The number of benzene rings is 3. The predicted octanol–water partition coefficient (Wildman–Crippen LogP) is 6.34. The van der Waals surface area contributed by atoms with Gasteiger partial charge in [0.1, 0.15) is 4.83 Å². The van der Waals surface area contributed by atoms with E-state index in [9.17, 15) is 4.79 Å². The summed E-state index contributed by atoms with van der Waals surface area (Å²) in [6.07, 6.45) is 1.94. The normalized spacial score (nSPS) is 13.7. The van der Waals surface area contributed by atoms with Gasteiger partial charge in [0.25, 0.3) is 5.56 Å². The van der Waals surface area contributed by atoms with Gasteiger partial charge in [0.05, 0.1) is 11.1 Å². The van der Waals surface area contributed by atoms with E-state index in [0.717, 1.165) is 59.3 Å². The van der Waals surface area contributed by atoms with E-state index >= 15 is 0 Å². The van der Waals surface area contributed by atoms with Crippen LogP contribution in [-0.2, 0) is 25.1 Å². The van der Waals surface area contributed by atoms with E-state index in [0.29, 0.717) is 0 Å². The summed E-state index contributed by atoms with van der Waals surface area (Å²) in [4.78, 5) is 23.7. The highest BCUT2D eigenvalue weighted by Crippen LogP contribution is 2.35. The number of fused-ring (bicyclic) bond motifs is 3. The lowest BCUT2D eigenvalue weighted by Crippen LogP contribution is -2.32. The zero-order valence-electron chi connectivity index (χ0n) is 20.0. The molecule has 36 heavy (non-hydrogen) atoms. The average molecular weight is 510 g/mol. The number of para-hydroxylation sites is 1. The smallest absolute Gasteiger partial charge is 0.267 e. The van der Waals surface area contributed by atoms with Crippen LogP contribution in [0.5, 0.6) is 0 Å². The highest BCUT2D eigenvalue weighted by Gasteiger charge is 2.25. The number of hydrogen-bond donors (Lipinski definition) is 0. The summed E-state index contributed by atoms with van der Waals surface area (Å²) < 4.78 is 1.81. The van der Waals surface area contributed by atoms with Crippen LogP contribution >= 0.6 is 23.1 Å². The molecule has 0 saturated heterocycles. The molecule has 0 saturated carbocycles. The summed E-state index contributed by atoms with van der Waals surface area (Å²) >= 11 is 3.32. The Kier molecular flexibility index (Phi) is 6.73. The first kappa shape index (κ1) is 23.2. The lowest BCUT2D eigenvalue weighted by Gasteiger charge is -2.26. The molecule has 0 unspecified atom stereocenters. The Morgan fingerprint density at radius 1 is 0.861 bits per heavy atom. The number of aromatic nitrogens is 2. The van der Waals surface area contributed by atoms with Gasteiger partial charge in [-0.15, -0.1) is 11.3 Å². The Morgan fingerprint density at radius 2 is 1.53 bits per heavy atom. The Morgan fingerprint density at radius 3 is 2.25 bits per heavy atom. The van der Waals surface area contributed by atoms with Crippen molar-refractivity contribution >= 4 is 33.3 Å². The van der Waals surface area contributed by atoms with Crippen molar-refractivity contribution in [1.29, 1.82) is 0 Å². The van der Waals surface area contributed by atoms with Gasteiger partial charge < -0.3 is 0 Å². The molecular formula is C30H27N3OS2. The molecule has 5 aromatic rings. The fourth-order valence-electron chi connectivity index (χ4n) is 4.82. The minimum Gasteiger partial charge on any atom is -0.298 e. The van der Waals surface area contributed by atoms with Crippen LogP contribution in [0.3, 0.4) is 0 Å². The second kappa shape index (κ2) is 10.4. The molecule has 3 heterocycles. The van der Waals surface area contributed by atoms with Crippen molar-refractivity contribution in [1.82, 2.24) is 14.5 Å². The van der Waals surface area contributed by atoms with Crippen LogP contribution in [0, 0.1) is 0 Å². The second-order valence-corrected chi connectivity index (χ2v) is 11.1. The van der Waals surface area contributed by atoms with E-state index in [1.54, 1.807) is 23.1 Å². The quantitative estimate of drug-likeness (QED) is 0.190. The third-order valence-corrected chi connectivity index (χ3v) is 8.83. The van der Waals surface area contributed by atoms with Crippen molar-refractivity contribution in [3.63, 3.8) is 0 Å². The average Bonchev–Trinajstić information content (AvgIpc) is 3.30. The lowest BCUT2D eigenvalue weighted by atomic mass is 10.0. The SMILES string of the molecule is O=c1c2c3c(sc2nc(SCc2ccccc2)n1-c1ccccc1)CN(CCc1ccccc1)CC3. The molecule has 180 valence electrons. The van der Waals surface area contributed by atoms with Crippen LogP contribution in [0.1, 0.15) is 21.6 Å². The minimum absolute atomic E-state index is 0.0528. The van der Waals surface area contributed by atoms with Gasteiger partial charge in [0, 0.05) is 30.3 Å². The summed E-state index contributed by atoms with van der Waals surface area (Å²) in [6, 6.07) is 30.9. The third-order valence-electron chi connectivity index (χ3n) is 6.71. The van der Waals surface area contributed by atoms with Crippen molar-refractivity contribution in [2.75, 3.05) is 13.1 Å². The molecule has 3 aromatic carbocycles. The van der Waals surface area contributed by atoms with Crippen LogP contribution in [0.4, 0.5) is 0 Å². The van der Waals surface area contributed by atoms with Crippen molar-refractivity contribution in [2.45, 2.75) is 30.3 Å². The number of hydrogen-bond acceptors (Lipinski definition) is 5. The molecule has 1 aliphatic heterocycles. The molecule has 0 spiro atoms. The maximum atomic E-state index is 14.0. The van der Waals surface area contributed by atoms with Gasteiger partial charge in [-0.1, -0.05) is 90.6 Å². The predicted molar refractivity (Wildman–Crippen MR) is 150 cm³/mol. The standard InChI is InChI=1S/C30H27N3OS2/c34-29-27-25-17-19-32(18-16-22-10-4-1-5-11-22)20-26(25)36-28(27)31-30(33(29)24-14-8-3-9-15-24)35-21-23-12-6-2-7-13-23/h1-15H,16-21H2. The molecule has 1 aliphatic rings. The summed E-state index contributed by atoms with van der Waals surface area (Å²) in [5.74, 6) is 0.768. The molecule has 6 rings (SSSR count). The van der Waals surface area contributed by atoms with Gasteiger partial charge in [-0.3, -0.25) is 14.3 Å². The largest absolute Gasteiger partial charge is 0.298 e. The van der Waals surface area contributed by atoms with E-state index in [4.69, 9.17) is 4.98 Å². The van der Waals surface area contributed by atoms with Gasteiger partial charge in [0.15, 0.2) is 5.16 Å². The summed E-state index contributed by atoms with van der Waals surface area (Å²) in [5.41, 5.74) is 4.71. The van der Waals surface area contributed by atoms with Gasteiger partial charge in [0.2, 0.25) is 0 Å². The van der Waals surface area contributed by atoms with E-state index in [-0.39, 0.29) is 5.56 Å². The Labute approximate surface area is 219 Å². The summed E-state index contributed by atoms with van der Waals surface area (Å²) in [5, 5.41) is 1.56. The third kappa shape index (κ3) is 4.76. The first-order valence-electron chi connectivity index (χ1n) is 12.3. The second-order valence-electron chi connectivity index (χ2n) is 9.09. The molecule has 6 heteroatoms. The van der Waals surface area contributed by atoms with E-state index in [2.05, 4.69) is 47.4 Å². The van der Waals surface area contributed by atoms with E-state index in [1.807, 2.05) is 53.1 Å². The molecule has 0 N–H and O–H groups in total. The molecule has 0 bridgehead atoms. The van der Waals surface area contributed by atoms with Crippen molar-refractivity contribution in [3.8, 4) is 5.69 Å². The zero-order chi connectivity index (χ0) is 24.3. The first-order chi connectivity index (χ1) is 17.8.